The number of rotatable bonds is 19. The van der Waals surface area contributed by atoms with Crippen molar-refractivity contribution >= 4 is 81.6 Å². The van der Waals surface area contributed by atoms with Gasteiger partial charge in [-0.1, -0.05) is 42.6 Å². The van der Waals surface area contributed by atoms with Crippen molar-refractivity contribution in [1.29, 1.82) is 0 Å². The summed E-state index contributed by atoms with van der Waals surface area (Å²) < 4.78 is 5.75. The molecule has 0 spiro atoms. The topological polar surface area (TPSA) is 219 Å². The molecule has 19 heteroatoms. The number of nitrogens with one attached hydrogen (secondary N) is 6. The summed E-state index contributed by atoms with van der Waals surface area (Å²) in [4.78, 5) is 89.9. The monoisotopic (exact) mass is 893 g/mol. The van der Waals surface area contributed by atoms with Crippen LogP contribution in [0.2, 0.25) is 5.02 Å². The maximum Gasteiger partial charge on any atom is 0.264 e. The van der Waals surface area contributed by atoms with Gasteiger partial charge in [0.1, 0.15) is 16.8 Å². The van der Waals surface area contributed by atoms with Gasteiger partial charge in [0.05, 0.1) is 41.4 Å². The maximum atomic E-state index is 13.3. The summed E-state index contributed by atoms with van der Waals surface area (Å²) in [5, 5.41) is 17.6. The first-order valence-electron chi connectivity index (χ1n) is 21.4. The summed E-state index contributed by atoms with van der Waals surface area (Å²) in [6.07, 6.45) is 5.86. The molecule has 3 aliphatic rings. The number of halogens is 1. The molecule has 1 atom stereocenters. The van der Waals surface area contributed by atoms with Crippen molar-refractivity contribution in [1.82, 2.24) is 35.7 Å². The lowest BCUT2D eigenvalue weighted by Gasteiger charge is -2.36. The van der Waals surface area contributed by atoms with Gasteiger partial charge in [0.2, 0.25) is 23.7 Å². The molecule has 336 valence electrons. The van der Waals surface area contributed by atoms with Gasteiger partial charge >= 0.3 is 0 Å². The van der Waals surface area contributed by atoms with E-state index in [2.05, 4.69) is 51.7 Å². The minimum atomic E-state index is -1.03. The number of fused-ring (bicyclic) bond motifs is 1. The molecule has 2 saturated heterocycles. The van der Waals surface area contributed by atoms with Crippen LogP contribution < -0.4 is 41.5 Å². The van der Waals surface area contributed by atoms with Gasteiger partial charge in [0, 0.05) is 76.6 Å². The quantitative estimate of drug-likeness (QED) is 0.0556. The van der Waals surface area contributed by atoms with Crippen LogP contribution in [0.1, 0.15) is 76.0 Å². The SMILES string of the molecule is CNC(=O)c1ccccc1Nc1nc(Nc2ccc(N3CCN(CCCCCCC(=O)NCCNc4cccc5c4C(=O)N(C4CCC(=O)NC4=O)C5=O)CC3)cc2OC)ncc1Cl. The van der Waals surface area contributed by atoms with Crippen LogP contribution in [0, 0.1) is 0 Å². The van der Waals surface area contributed by atoms with Gasteiger partial charge in [-0.25, -0.2) is 4.98 Å². The number of unbranched alkanes of at least 4 members (excludes halogenated alkanes) is 3. The summed E-state index contributed by atoms with van der Waals surface area (Å²) >= 11 is 6.43. The highest BCUT2D eigenvalue weighted by Crippen LogP contribution is 2.34. The molecule has 4 aromatic rings. The minimum absolute atomic E-state index is 0.0471. The van der Waals surface area contributed by atoms with Crippen LogP contribution in [0.15, 0.2) is 66.9 Å². The van der Waals surface area contributed by atoms with E-state index in [0.29, 0.717) is 64.7 Å². The Morgan fingerprint density at radius 2 is 1.66 bits per heavy atom. The molecule has 64 heavy (non-hydrogen) atoms. The van der Waals surface area contributed by atoms with Crippen LogP contribution >= 0.6 is 11.6 Å². The molecule has 4 heterocycles. The fraction of sp³-hybridized carbons (Fsp3) is 0.378. The predicted octanol–water partition coefficient (Wildman–Crippen LogP) is 4.69. The number of carbonyl (C=O) groups excluding carboxylic acids is 6. The number of piperidine rings is 1. The highest BCUT2D eigenvalue weighted by molar-refractivity contribution is 6.33. The molecule has 6 amide bonds. The van der Waals surface area contributed by atoms with Crippen LogP contribution in [0.25, 0.3) is 0 Å². The van der Waals surface area contributed by atoms with Gasteiger partial charge in [-0.2, -0.15) is 4.98 Å². The van der Waals surface area contributed by atoms with E-state index in [-0.39, 0.29) is 35.8 Å². The number of amides is 6. The largest absolute Gasteiger partial charge is 0.494 e. The molecule has 18 nitrogen and oxygen atoms in total. The number of piperazine rings is 1. The molecule has 3 aromatic carbocycles. The van der Waals surface area contributed by atoms with E-state index >= 15 is 0 Å². The molecule has 0 radical (unpaired) electrons. The van der Waals surface area contributed by atoms with Crippen LogP contribution in [0.4, 0.5) is 34.5 Å². The summed E-state index contributed by atoms with van der Waals surface area (Å²) in [5.41, 5.74) is 3.57. The predicted molar refractivity (Wildman–Crippen MR) is 243 cm³/mol. The highest BCUT2D eigenvalue weighted by Gasteiger charge is 2.45. The second kappa shape index (κ2) is 21.1. The third-order valence-corrected chi connectivity index (χ3v) is 11.7. The van der Waals surface area contributed by atoms with Crippen LogP contribution in [0.5, 0.6) is 5.75 Å². The number of hydrogen-bond donors (Lipinski definition) is 6. The summed E-state index contributed by atoms with van der Waals surface area (Å²) in [7, 11) is 3.19. The van der Waals surface area contributed by atoms with Crippen molar-refractivity contribution in [3.8, 4) is 5.75 Å². The molecule has 7 rings (SSSR count). The van der Waals surface area contributed by atoms with E-state index in [1.165, 1.54) is 6.20 Å². The summed E-state index contributed by atoms with van der Waals surface area (Å²) in [6.45, 7) is 5.28. The van der Waals surface area contributed by atoms with Gasteiger partial charge in [0.25, 0.3) is 17.7 Å². The van der Waals surface area contributed by atoms with Crippen LogP contribution in [-0.2, 0) is 14.4 Å². The first-order chi connectivity index (χ1) is 31.0. The number of ether oxygens (including phenoxy) is 1. The zero-order valence-electron chi connectivity index (χ0n) is 35.8. The molecule has 0 bridgehead atoms. The van der Waals surface area contributed by atoms with E-state index in [0.717, 1.165) is 69.0 Å². The standard InChI is InChI=1S/C45H52ClN11O7/c1-47-41(60)29-10-6-7-12-32(29)51-40-31(46)27-50-45(54-40)52-33-16-15-28(26-36(33)64-2)56-24-22-55(23-25-56)21-8-4-3-5-14-37(58)49-20-19-48-34-13-9-11-30-39(34)44(63)57(43(30)62)35-17-18-38(59)53-42(35)61/h6-7,9-13,15-16,26-27,35,48H,3-5,8,14,17-25H2,1-2H3,(H,47,60)(H,49,58)(H,53,59,61)(H2,50,51,52,54). The van der Waals surface area contributed by atoms with E-state index in [4.69, 9.17) is 16.3 Å². The summed E-state index contributed by atoms with van der Waals surface area (Å²) in [6, 6.07) is 16.9. The Bertz CT molecular complexity index is 2410. The number of methoxy groups -OCH3 is 1. The highest BCUT2D eigenvalue weighted by atomic mass is 35.5. The molecular formula is C45H52ClN11O7. The Morgan fingerprint density at radius 1 is 0.875 bits per heavy atom. The first kappa shape index (κ1) is 45.2. The third kappa shape index (κ3) is 10.7. The number of carbonyl (C=O) groups is 6. The summed E-state index contributed by atoms with van der Waals surface area (Å²) in [5.74, 6) is -1.24. The Morgan fingerprint density at radius 3 is 2.44 bits per heavy atom. The third-order valence-electron chi connectivity index (χ3n) is 11.4. The zero-order valence-corrected chi connectivity index (χ0v) is 36.6. The molecular weight excluding hydrogens is 842 g/mol. The van der Waals surface area contributed by atoms with E-state index in [9.17, 15) is 28.8 Å². The van der Waals surface area contributed by atoms with E-state index in [1.807, 2.05) is 24.3 Å². The normalized spacial score (nSPS) is 16.3. The van der Waals surface area contributed by atoms with Crippen LogP contribution in [-0.4, -0.2) is 121 Å². The first-order valence-corrected chi connectivity index (χ1v) is 21.8. The van der Waals surface area contributed by atoms with E-state index in [1.54, 1.807) is 50.6 Å². The lowest BCUT2D eigenvalue weighted by molar-refractivity contribution is -0.136. The van der Waals surface area contributed by atoms with Gasteiger partial charge in [0.15, 0.2) is 5.82 Å². The second-order valence-electron chi connectivity index (χ2n) is 15.6. The van der Waals surface area contributed by atoms with E-state index < -0.39 is 29.7 Å². The Hall–Kier alpha value is -6.79. The van der Waals surface area contributed by atoms with Gasteiger partial charge in [-0.15, -0.1) is 0 Å². The molecule has 2 fully saturated rings. The molecule has 3 aliphatic heterocycles. The van der Waals surface area contributed by atoms with Gasteiger partial charge in [-0.3, -0.25) is 43.9 Å². The number of nitrogens with zero attached hydrogens (tertiary/aromatic N) is 5. The average molecular weight is 894 g/mol. The van der Waals surface area contributed by atoms with Crippen molar-refractivity contribution in [2.45, 2.75) is 51.0 Å². The fourth-order valence-corrected chi connectivity index (χ4v) is 8.16. The van der Waals surface area contributed by atoms with Crippen molar-refractivity contribution in [3.63, 3.8) is 0 Å². The van der Waals surface area contributed by atoms with Crippen molar-refractivity contribution in [3.05, 3.63) is 88.6 Å². The molecule has 6 N–H and O–H groups in total. The second-order valence-corrected chi connectivity index (χ2v) is 16.0. The van der Waals surface area contributed by atoms with Crippen molar-refractivity contribution in [2.75, 3.05) is 80.8 Å². The van der Waals surface area contributed by atoms with Gasteiger partial charge in [-0.05, 0) is 62.2 Å². The number of aromatic nitrogens is 2. The smallest absolute Gasteiger partial charge is 0.264 e. The number of para-hydroxylation sites is 1. The number of anilines is 6. The molecule has 0 aliphatic carbocycles. The number of hydrogen-bond acceptors (Lipinski definition) is 14. The molecule has 0 saturated carbocycles. The van der Waals surface area contributed by atoms with Gasteiger partial charge < -0.3 is 36.2 Å². The Balaban J connectivity index is 0.783. The lowest BCUT2D eigenvalue weighted by Crippen LogP contribution is -2.54. The number of benzene rings is 3. The average Bonchev–Trinajstić information content (AvgIpc) is 3.56. The fourth-order valence-electron chi connectivity index (χ4n) is 8.02. The van der Waals surface area contributed by atoms with Crippen molar-refractivity contribution < 1.29 is 33.5 Å². The minimum Gasteiger partial charge on any atom is -0.494 e. The molecule has 1 aromatic heterocycles. The Kier molecular flexibility index (Phi) is 14.9. The lowest BCUT2D eigenvalue weighted by atomic mass is 10.0. The number of imide groups is 2. The Labute approximate surface area is 375 Å². The van der Waals surface area contributed by atoms with Crippen LogP contribution in [0.3, 0.4) is 0 Å². The molecule has 1 unspecified atom stereocenters. The maximum absolute atomic E-state index is 13.3. The van der Waals surface area contributed by atoms with Crippen molar-refractivity contribution in [2.24, 2.45) is 0 Å². The zero-order chi connectivity index (χ0) is 45.2.